The Morgan fingerprint density at radius 3 is 2.55 bits per heavy atom. The van der Waals surface area contributed by atoms with E-state index in [1.54, 1.807) is 0 Å². The molecule has 0 N–H and O–H groups in total. The van der Waals surface area contributed by atoms with Crippen LogP contribution in [0.25, 0.3) is 0 Å². The van der Waals surface area contributed by atoms with Crippen LogP contribution in [0.1, 0.15) is 34.0 Å². The zero-order valence-electron chi connectivity index (χ0n) is 12.3. The molecule has 2 aromatic carbocycles. The Morgan fingerprint density at radius 2 is 1.85 bits per heavy atom. The van der Waals surface area contributed by atoms with Crippen molar-refractivity contribution in [2.45, 2.75) is 32.0 Å². The van der Waals surface area contributed by atoms with Gasteiger partial charge in [-0.1, -0.05) is 57.9 Å². The molecule has 0 saturated heterocycles. The van der Waals surface area contributed by atoms with Gasteiger partial charge in [-0.2, -0.15) is 0 Å². The van der Waals surface area contributed by atoms with Gasteiger partial charge >= 0.3 is 0 Å². The van der Waals surface area contributed by atoms with Gasteiger partial charge in [0.05, 0.1) is 6.61 Å². The molecule has 20 heavy (non-hydrogen) atoms. The van der Waals surface area contributed by atoms with Crippen molar-refractivity contribution in [1.82, 2.24) is 0 Å². The monoisotopic (exact) mass is 332 g/mol. The molecule has 2 rings (SSSR count). The molecule has 0 aliphatic rings. The molecule has 0 saturated carbocycles. The highest BCUT2D eigenvalue weighted by Gasteiger charge is 2.15. The smallest absolute Gasteiger partial charge is 0.123 e. The number of alkyl halides is 1. The van der Waals surface area contributed by atoms with Crippen molar-refractivity contribution in [1.29, 1.82) is 0 Å². The second kappa shape index (κ2) is 6.94. The van der Waals surface area contributed by atoms with Gasteiger partial charge in [-0.15, -0.1) is 0 Å². The molecule has 1 atom stereocenters. The Morgan fingerprint density at radius 1 is 1.10 bits per heavy atom. The minimum absolute atomic E-state index is 0.269. The molecule has 0 fully saturated rings. The van der Waals surface area contributed by atoms with Gasteiger partial charge in [-0.05, 0) is 44.4 Å². The number of halogens is 1. The average molecular weight is 333 g/mol. The standard InChI is InChI=1S/C18H21BrO/c1-4-20-18-10-9-13(2)11-16(18)17(19)12-15-8-6-5-7-14(15)3/h5-11,17H,4,12H2,1-3H3. The van der Waals surface area contributed by atoms with Crippen LogP contribution >= 0.6 is 15.9 Å². The SMILES string of the molecule is CCOc1ccc(C)cc1C(Br)Cc1ccccc1C. The molecule has 0 aromatic heterocycles. The highest BCUT2D eigenvalue weighted by atomic mass is 79.9. The fourth-order valence-electron chi connectivity index (χ4n) is 2.34. The van der Waals surface area contributed by atoms with Crippen molar-refractivity contribution in [2.24, 2.45) is 0 Å². The van der Waals surface area contributed by atoms with Gasteiger partial charge in [0.15, 0.2) is 0 Å². The van der Waals surface area contributed by atoms with E-state index in [0.717, 1.165) is 12.2 Å². The van der Waals surface area contributed by atoms with E-state index in [0.29, 0.717) is 6.61 Å². The maximum atomic E-state index is 5.75. The number of hydrogen-bond acceptors (Lipinski definition) is 1. The zero-order chi connectivity index (χ0) is 14.5. The Labute approximate surface area is 130 Å². The first-order valence-corrected chi connectivity index (χ1v) is 7.95. The molecule has 106 valence electrons. The normalized spacial score (nSPS) is 12.2. The molecular weight excluding hydrogens is 312 g/mol. The summed E-state index contributed by atoms with van der Waals surface area (Å²) in [4.78, 5) is 0.269. The lowest BCUT2D eigenvalue weighted by atomic mass is 9.99. The third kappa shape index (κ3) is 3.63. The van der Waals surface area contributed by atoms with Gasteiger partial charge in [0.2, 0.25) is 0 Å². The van der Waals surface area contributed by atoms with E-state index in [-0.39, 0.29) is 4.83 Å². The summed E-state index contributed by atoms with van der Waals surface area (Å²) in [6.07, 6.45) is 0.968. The number of aryl methyl sites for hydroxylation is 2. The lowest BCUT2D eigenvalue weighted by Crippen LogP contribution is -2.02. The van der Waals surface area contributed by atoms with Crippen LogP contribution in [0.4, 0.5) is 0 Å². The van der Waals surface area contributed by atoms with Crippen LogP contribution in [0.3, 0.4) is 0 Å². The van der Waals surface area contributed by atoms with Crippen LogP contribution in [-0.2, 0) is 6.42 Å². The lowest BCUT2D eigenvalue weighted by molar-refractivity contribution is 0.336. The minimum atomic E-state index is 0.269. The summed E-state index contributed by atoms with van der Waals surface area (Å²) in [6, 6.07) is 14.9. The molecular formula is C18H21BrO. The van der Waals surface area contributed by atoms with E-state index >= 15 is 0 Å². The predicted octanol–water partition coefficient (Wildman–Crippen LogP) is 5.38. The molecule has 0 amide bonds. The predicted molar refractivity (Wildman–Crippen MR) is 88.9 cm³/mol. The number of benzene rings is 2. The van der Waals surface area contributed by atoms with Crippen LogP contribution in [0.15, 0.2) is 42.5 Å². The lowest BCUT2D eigenvalue weighted by Gasteiger charge is -2.17. The minimum Gasteiger partial charge on any atom is -0.494 e. The van der Waals surface area contributed by atoms with E-state index in [4.69, 9.17) is 4.74 Å². The van der Waals surface area contributed by atoms with E-state index in [1.807, 2.05) is 6.92 Å². The maximum absolute atomic E-state index is 5.75. The van der Waals surface area contributed by atoms with Gasteiger partial charge in [0.25, 0.3) is 0 Å². The third-order valence-electron chi connectivity index (χ3n) is 3.46. The third-order valence-corrected chi connectivity index (χ3v) is 4.28. The molecule has 2 aromatic rings. The van der Waals surface area contributed by atoms with Gasteiger partial charge < -0.3 is 4.74 Å². The van der Waals surface area contributed by atoms with Crippen molar-refractivity contribution < 1.29 is 4.74 Å². The average Bonchev–Trinajstić information content (AvgIpc) is 2.43. The maximum Gasteiger partial charge on any atom is 0.123 e. The fraction of sp³-hybridized carbons (Fsp3) is 0.333. The molecule has 2 heteroatoms. The highest BCUT2D eigenvalue weighted by molar-refractivity contribution is 9.09. The molecule has 1 nitrogen and oxygen atoms in total. The van der Waals surface area contributed by atoms with Gasteiger partial charge in [0, 0.05) is 10.4 Å². The zero-order valence-corrected chi connectivity index (χ0v) is 13.9. The van der Waals surface area contributed by atoms with Gasteiger partial charge in [-0.3, -0.25) is 0 Å². The Kier molecular flexibility index (Phi) is 5.24. The highest BCUT2D eigenvalue weighted by Crippen LogP contribution is 2.35. The van der Waals surface area contributed by atoms with E-state index in [2.05, 4.69) is 72.2 Å². The first-order valence-electron chi connectivity index (χ1n) is 7.03. The van der Waals surface area contributed by atoms with Crippen LogP contribution < -0.4 is 4.74 Å². The van der Waals surface area contributed by atoms with Gasteiger partial charge in [-0.25, -0.2) is 0 Å². The summed E-state index contributed by atoms with van der Waals surface area (Å²) in [5.74, 6) is 0.980. The van der Waals surface area contributed by atoms with Crippen molar-refractivity contribution in [3.8, 4) is 5.75 Å². The largest absolute Gasteiger partial charge is 0.494 e. The molecule has 0 heterocycles. The molecule has 0 aliphatic carbocycles. The van der Waals surface area contributed by atoms with E-state index in [9.17, 15) is 0 Å². The molecule has 0 bridgehead atoms. The Hall–Kier alpha value is -1.28. The number of hydrogen-bond donors (Lipinski definition) is 0. The van der Waals surface area contributed by atoms with E-state index in [1.165, 1.54) is 22.3 Å². The molecule has 1 unspecified atom stereocenters. The first-order chi connectivity index (χ1) is 9.61. The Balaban J connectivity index is 2.26. The number of ether oxygens (including phenoxy) is 1. The summed E-state index contributed by atoms with van der Waals surface area (Å²) in [7, 11) is 0. The molecule has 0 aliphatic heterocycles. The van der Waals surface area contributed by atoms with Gasteiger partial charge in [0.1, 0.15) is 5.75 Å². The van der Waals surface area contributed by atoms with Crippen molar-refractivity contribution >= 4 is 15.9 Å². The second-order valence-electron chi connectivity index (χ2n) is 5.07. The summed E-state index contributed by atoms with van der Waals surface area (Å²) in [5, 5.41) is 0. The fourth-order valence-corrected chi connectivity index (χ4v) is 3.05. The summed E-state index contributed by atoms with van der Waals surface area (Å²) < 4.78 is 5.75. The van der Waals surface area contributed by atoms with E-state index < -0.39 is 0 Å². The summed E-state index contributed by atoms with van der Waals surface area (Å²) >= 11 is 3.83. The van der Waals surface area contributed by atoms with Crippen LogP contribution in [0.5, 0.6) is 5.75 Å². The molecule has 0 radical (unpaired) electrons. The second-order valence-corrected chi connectivity index (χ2v) is 6.18. The molecule has 0 spiro atoms. The quantitative estimate of drug-likeness (QED) is 0.668. The summed E-state index contributed by atoms with van der Waals surface area (Å²) in [5.41, 5.74) is 5.20. The van der Waals surface area contributed by atoms with Crippen molar-refractivity contribution in [3.63, 3.8) is 0 Å². The van der Waals surface area contributed by atoms with Crippen molar-refractivity contribution in [2.75, 3.05) is 6.61 Å². The van der Waals surface area contributed by atoms with Crippen LogP contribution in [0, 0.1) is 13.8 Å². The van der Waals surface area contributed by atoms with Crippen LogP contribution in [-0.4, -0.2) is 6.61 Å². The van der Waals surface area contributed by atoms with Crippen LogP contribution in [0.2, 0.25) is 0 Å². The first kappa shape index (κ1) is 15.1. The Bertz CT molecular complexity index is 577. The van der Waals surface area contributed by atoms with Crippen molar-refractivity contribution in [3.05, 3.63) is 64.7 Å². The topological polar surface area (TPSA) is 9.23 Å². The number of rotatable bonds is 5. The summed E-state index contributed by atoms with van der Waals surface area (Å²) in [6.45, 7) is 7.00.